The summed E-state index contributed by atoms with van der Waals surface area (Å²) in [6.45, 7) is 4.39. The van der Waals surface area contributed by atoms with Crippen molar-refractivity contribution in [3.63, 3.8) is 0 Å². The minimum Gasteiger partial charge on any atom is -0.488 e. The van der Waals surface area contributed by atoms with Crippen molar-refractivity contribution in [3.05, 3.63) is 65.2 Å². The Morgan fingerprint density at radius 2 is 2.15 bits per heavy atom. The van der Waals surface area contributed by atoms with Gasteiger partial charge in [-0.15, -0.1) is 0 Å². The fraction of sp³-hybridized carbons (Fsp3) is 0.286. The molecule has 0 saturated heterocycles. The van der Waals surface area contributed by atoms with E-state index in [0.717, 1.165) is 34.6 Å². The number of benzene rings is 1. The second kappa shape index (κ2) is 7.23. The Balaban J connectivity index is 1.39. The highest BCUT2D eigenvalue weighted by atomic mass is 16.5. The first kappa shape index (κ1) is 17.3. The average molecular weight is 363 g/mol. The van der Waals surface area contributed by atoms with Crippen LogP contribution in [-0.2, 0) is 12.8 Å². The summed E-state index contributed by atoms with van der Waals surface area (Å²) in [6.07, 6.45) is 3.22. The van der Waals surface area contributed by atoms with E-state index >= 15 is 0 Å². The standard InChI is InChI=1S/C21H21N3O3/c1-3-16-10-19(24-27-16)21(25)23-12-17-9-15-8-14(5-7-20(15)26-17)18-6-4-13(2)11-22-18/h4-8,10-11,17H,3,9,12H2,1-2H3,(H,23,25)/t17-/m1/s1. The number of amides is 1. The third-order valence-corrected chi connectivity index (χ3v) is 4.64. The fourth-order valence-corrected chi connectivity index (χ4v) is 3.12. The molecule has 2 aromatic heterocycles. The van der Waals surface area contributed by atoms with E-state index in [9.17, 15) is 4.79 Å². The predicted octanol–water partition coefficient (Wildman–Crippen LogP) is 3.34. The molecule has 1 atom stereocenters. The Kier molecular flexibility index (Phi) is 4.62. The van der Waals surface area contributed by atoms with Crippen molar-refractivity contribution >= 4 is 5.91 Å². The zero-order valence-electron chi connectivity index (χ0n) is 15.4. The van der Waals surface area contributed by atoms with Crippen LogP contribution in [0.25, 0.3) is 11.3 Å². The van der Waals surface area contributed by atoms with Crippen molar-refractivity contribution in [2.75, 3.05) is 6.54 Å². The zero-order chi connectivity index (χ0) is 18.8. The summed E-state index contributed by atoms with van der Waals surface area (Å²) >= 11 is 0. The second-order valence-electron chi connectivity index (χ2n) is 6.73. The van der Waals surface area contributed by atoms with Gasteiger partial charge in [-0.05, 0) is 42.3 Å². The molecule has 0 unspecified atom stereocenters. The molecule has 6 heteroatoms. The van der Waals surface area contributed by atoms with Crippen LogP contribution in [-0.4, -0.2) is 28.7 Å². The molecular weight excluding hydrogens is 342 g/mol. The monoisotopic (exact) mass is 363 g/mol. The summed E-state index contributed by atoms with van der Waals surface area (Å²) < 4.78 is 11.0. The topological polar surface area (TPSA) is 77.2 Å². The zero-order valence-corrected chi connectivity index (χ0v) is 15.4. The molecule has 138 valence electrons. The number of hydrogen-bond acceptors (Lipinski definition) is 5. The number of aryl methyl sites for hydroxylation is 2. The number of aromatic nitrogens is 2. The van der Waals surface area contributed by atoms with E-state index in [1.54, 1.807) is 6.07 Å². The van der Waals surface area contributed by atoms with Crippen molar-refractivity contribution in [2.24, 2.45) is 0 Å². The summed E-state index contributed by atoms with van der Waals surface area (Å²) in [6, 6.07) is 11.8. The molecule has 0 fully saturated rings. The summed E-state index contributed by atoms with van der Waals surface area (Å²) in [5, 5.41) is 6.66. The highest BCUT2D eigenvalue weighted by molar-refractivity contribution is 5.92. The van der Waals surface area contributed by atoms with E-state index in [0.29, 0.717) is 24.4 Å². The first-order valence-corrected chi connectivity index (χ1v) is 9.09. The second-order valence-corrected chi connectivity index (χ2v) is 6.73. The van der Waals surface area contributed by atoms with Crippen LogP contribution in [0.5, 0.6) is 5.75 Å². The number of rotatable bonds is 5. The van der Waals surface area contributed by atoms with Gasteiger partial charge in [0.1, 0.15) is 17.6 Å². The minimum absolute atomic E-state index is 0.0947. The van der Waals surface area contributed by atoms with Crippen LogP contribution in [0.3, 0.4) is 0 Å². The van der Waals surface area contributed by atoms with Gasteiger partial charge in [0.25, 0.3) is 5.91 Å². The molecule has 1 aliphatic rings. The number of carbonyl (C=O) groups is 1. The van der Waals surface area contributed by atoms with Crippen LogP contribution in [0.2, 0.25) is 0 Å². The highest BCUT2D eigenvalue weighted by Crippen LogP contribution is 2.32. The smallest absolute Gasteiger partial charge is 0.273 e. The molecule has 1 N–H and O–H groups in total. The van der Waals surface area contributed by atoms with Crippen molar-refractivity contribution in [3.8, 4) is 17.0 Å². The molecule has 3 heterocycles. The quantitative estimate of drug-likeness (QED) is 0.752. The Bertz CT molecular complexity index is 963. The maximum atomic E-state index is 12.2. The first-order chi connectivity index (χ1) is 13.1. The molecule has 1 aliphatic heterocycles. The van der Waals surface area contributed by atoms with Gasteiger partial charge in [0.05, 0.1) is 12.2 Å². The SMILES string of the molecule is CCc1cc(C(=O)NC[C@H]2Cc3cc(-c4ccc(C)cn4)ccc3O2)no1. The first-order valence-electron chi connectivity index (χ1n) is 9.09. The lowest BCUT2D eigenvalue weighted by atomic mass is 10.0. The molecule has 6 nitrogen and oxygen atoms in total. The largest absolute Gasteiger partial charge is 0.488 e. The average Bonchev–Trinajstić information content (AvgIpc) is 3.32. The van der Waals surface area contributed by atoms with Crippen LogP contribution in [0.4, 0.5) is 0 Å². The van der Waals surface area contributed by atoms with E-state index in [4.69, 9.17) is 9.26 Å². The van der Waals surface area contributed by atoms with Gasteiger partial charge in [0, 0.05) is 30.7 Å². The molecule has 0 saturated carbocycles. The summed E-state index contributed by atoms with van der Waals surface area (Å²) in [7, 11) is 0. The van der Waals surface area contributed by atoms with Gasteiger partial charge in [-0.1, -0.05) is 18.1 Å². The Morgan fingerprint density at radius 3 is 2.89 bits per heavy atom. The van der Waals surface area contributed by atoms with E-state index in [-0.39, 0.29) is 12.0 Å². The lowest BCUT2D eigenvalue weighted by molar-refractivity contribution is 0.0924. The number of pyridine rings is 1. The molecule has 1 amide bonds. The number of carbonyl (C=O) groups excluding carboxylic acids is 1. The third-order valence-electron chi connectivity index (χ3n) is 4.64. The van der Waals surface area contributed by atoms with Crippen LogP contribution >= 0.6 is 0 Å². The number of ether oxygens (including phenoxy) is 1. The van der Waals surface area contributed by atoms with Crippen molar-refractivity contribution in [2.45, 2.75) is 32.8 Å². The molecule has 0 radical (unpaired) electrons. The van der Waals surface area contributed by atoms with E-state index in [1.165, 1.54) is 0 Å². The van der Waals surface area contributed by atoms with Gasteiger partial charge in [-0.2, -0.15) is 0 Å². The molecule has 0 aliphatic carbocycles. The summed E-state index contributed by atoms with van der Waals surface area (Å²) in [4.78, 5) is 16.7. The third kappa shape index (κ3) is 3.69. The van der Waals surface area contributed by atoms with Gasteiger partial charge in [0.15, 0.2) is 5.69 Å². The van der Waals surface area contributed by atoms with E-state index in [2.05, 4.69) is 27.6 Å². The lowest BCUT2D eigenvalue weighted by Gasteiger charge is -2.10. The lowest BCUT2D eigenvalue weighted by Crippen LogP contribution is -2.34. The fourth-order valence-electron chi connectivity index (χ4n) is 3.12. The summed E-state index contributed by atoms with van der Waals surface area (Å²) in [5.74, 6) is 1.31. The van der Waals surface area contributed by atoms with Crippen LogP contribution in [0, 0.1) is 6.92 Å². The number of hydrogen-bond donors (Lipinski definition) is 1. The molecule has 4 rings (SSSR count). The molecule has 27 heavy (non-hydrogen) atoms. The number of nitrogens with one attached hydrogen (secondary N) is 1. The predicted molar refractivity (Wildman–Crippen MR) is 101 cm³/mol. The highest BCUT2D eigenvalue weighted by Gasteiger charge is 2.24. The van der Waals surface area contributed by atoms with Crippen molar-refractivity contribution in [1.82, 2.24) is 15.5 Å². The molecule has 0 bridgehead atoms. The number of fused-ring (bicyclic) bond motifs is 1. The van der Waals surface area contributed by atoms with Gasteiger partial charge in [-0.25, -0.2) is 0 Å². The molecule has 1 aromatic carbocycles. The van der Waals surface area contributed by atoms with E-state index < -0.39 is 0 Å². The van der Waals surface area contributed by atoms with Crippen molar-refractivity contribution in [1.29, 1.82) is 0 Å². The van der Waals surface area contributed by atoms with Gasteiger partial charge in [-0.3, -0.25) is 9.78 Å². The van der Waals surface area contributed by atoms with Crippen LogP contribution in [0.15, 0.2) is 47.1 Å². The maximum absolute atomic E-state index is 12.2. The van der Waals surface area contributed by atoms with Gasteiger partial charge >= 0.3 is 0 Å². The normalized spacial score (nSPS) is 15.3. The van der Waals surface area contributed by atoms with Crippen LogP contribution in [0.1, 0.15) is 34.3 Å². The van der Waals surface area contributed by atoms with Gasteiger partial charge in [0.2, 0.25) is 0 Å². The Morgan fingerprint density at radius 1 is 1.26 bits per heavy atom. The van der Waals surface area contributed by atoms with E-state index in [1.807, 2.05) is 38.2 Å². The summed E-state index contributed by atoms with van der Waals surface area (Å²) in [5.41, 5.74) is 4.57. The molecule has 3 aromatic rings. The maximum Gasteiger partial charge on any atom is 0.273 e. The molecular formula is C21H21N3O3. The Labute approximate surface area is 157 Å². The minimum atomic E-state index is -0.248. The number of nitrogens with zero attached hydrogens (tertiary/aromatic N) is 2. The molecule has 0 spiro atoms. The van der Waals surface area contributed by atoms with Gasteiger partial charge < -0.3 is 14.6 Å². The van der Waals surface area contributed by atoms with Crippen LogP contribution < -0.4 is 10.1 Å². The Hall–Kier alpha value is -3.15. The van der Waals surface area contributed by atoms with Crippen molar-refractivity contribution < 1.29 is 14.1 Å².